The Balaban J connectivity index is 2.27. The van der Waals surface area contributed by atoms with E-state index in [1.54, 1.807) is 24.5 Å². The van der Waals surface area contributed by atoms with Crippen LogP contribution in [0.5, 0.6) is 0 Å². The Kier molecular flexibility index (Phi) is 5.86. The van der Waals surface area contributed by atoms with Gasteiger partial charge in [-0.05, 0) is 31.6 Å². The van der Waals surface area contributed by atoms with Crippen LogP contribution in [0.2, 0.25) is 0 Å². The van der Waals surface area contributed by atoms with Gasteiger partial charge in [0.15, 0.2) is 0 Å². The zero-order valence-corrected chi connectivity index (χ0v) is 11.6. The van der Waals surface area contributed by atoms with Crippen LogP contribution in [-0.2, 0) is 9.59 Å². The zero-order chi connectivity index (χ0) is 15.0. The van der Waals surface area contributed by atoms with E-state index in [4.69, 9.17) is 0 Å². The van der Waals surface area contributed by atoms with E-state index in [1.807, 2.05) is 6.07 Å². The molecular weight excluding hydrogens is 258 g/mol. The topological polar surface area (TPSA) is 91.3 Å². The van der Waals surface area contributed by atoms with Crippen molar-refractivity contribution in [3.63, 3.8) is 0 Å². The second kappa shape index (κ2) is 7.40. The van der Waals surface area contributed by atoms with E-state index in [2.05, 4.69) is 15.6 Å². The molecule has 0 aliphatic heterocycles. The van der Waals surface area contributed by atoms with Crippen LogP contribution in [0.15, 0.2) is 30.7 Å². The molecule has 1 aromatic heterocycles. The van der Waals surface area contributed by atoms with Gasteiger partial charge in [0.1, 0.15) is 5.72 Å². The third-order valence-corrected chi connectivity index (χ3v) is 2.23. The summed E-state index contributed by atoms with van der Waals surface area (Å²) in [5.74, 6) is -0.639. The lowest BCUT2D eigenvalue weighted by Gasteiger charge is -2.18. The van der Waals surface area contributed by atoms with Gasteiger partial charge in [0.05, 0.1) is 0 Å². The lowest BCUT2D eigenvalue weighted by atomic mass is 10.2. The Hall–Kier alpha value is -2.21. The number of nitrogens with one attached hydrogen (secondary N) is 2. The maximum Gasteiger partial charge on any atom is 0.224 e. The molecule has 0 aromatic carbocycles. The number of pyridine rings is 1. The highest BCUT2D eigenvalue weighted by atomic mass is 16.3. The molecular formula is C14H19N3O3. The first-order chi connectivity index (χ1) is 9.37. The maximum absolute atomic E-state index is 11.5. The van der Waals surface area contributed by atoms with Crippen molar-refractivity contribution in [2.75, 3.05) is 0 Å². The Bertz CT molecular complexity index is 478. The van der Waals surface area contributed by atoms with Crippen molar-refractivity contribution in [2.45, 2.75) is 32.4 Å². The molecule has 0 aliphatic carbocycles. The second-order valence-corrected chi connectivity index (χ2v) is 4.79. The van der Waals surface area contributed by atoms with Crippen molar-refractivity contribution >= 4 is 17.9 Å². The first kappa shape index (κ1) is 15.8. The van der Waals surface area contributed by atoms with E-state index in [1.165, 1.54) is 20.0 Å². The number of hydrogen-bond donors (Lipinski definition) is 3. The molecule has 2 amide bonds. The van der Waals surface area contributed by atoms with Gasteiger partial charge >= 0.3 is 0 Å². The van der Waals surface area contributed by atoms with E-state index >= 15 is 0 Å². The molecule has 0 aliphatic rings. The minimum atomic E-state index is -1.27. The molecule has 1 aromatic rings. The summed E-state index contributed by atoms with van der Waals surface area (Å²) in [5, 5.41) is 14.3. The SMILES string of the molecule is CC(C)(O)NC(=O)CCC(=O)N/C=C/c1cccnc1. The van der Waals surface area contributed by atoms with Gasteiger partial charge in [-0.3, -0.25) is 14.6 Å². The molecule has 0 unspecified atom stereocenters. The molecule has 6 heteroatoms. The Morgan fingerprint density at radius 3 is 2.65 bits per heavy atom. The fourth-order valence-corrected chi connectivity index (χ4v) is 1.41. The van der Waals surface area contributed by atoms with Gasteiger partial charge in [-0.2, -0.15) is 0 Å². The van der Waals surface area contributed by atoms with Gasteiger partial charge < -0.3 is 15.7 Å². The van der Waals surface area contributed by atoms with Crippen molar-refractivity contribution in [3.8, 4) is 0 Å². The number of carbonyl (C=O) groups is 2. The first-order valence-electron chi connectivity index (χ1n) is 6.26. The molecule has 6 nitrogen and oxygen atoms in total. The highest BCUT2D eigenvalue weighted by Gasteiger charge is 2.15. The van der Waals surface area contributed by atoms with Crippen LogP contribution < -0.4 is 10.6 Å². The number of amides is 2. The molecule has 108 valence electrons. The molecule has 0 bridgehead atoms. The monoisotopic (exact) mass is 277 g/mol. The minimum Gasteiger partial charge on any atom is -0.372 e. The Morgan fingerprint density at radius 1 is 1.35 bits per heavy atom. The molecule has 1 rings (SSSR count). The molecule has 0 fully saturated rings. The maximum atomic E-state index is 11.5. The fourth-order valence-electron chi connectivity index (χ4n) is 1.41. The fraction of sp³-hybridized carbons (Fsp3) is 0.357. The molecule has 0 saturated carbocycles. The van der Waals surface area contributed by atoms with E-state index in [0.717, 1.165) is 5.56 Å². The average Bonchev–Trinajstić information content (AvgIpc) is 2.36. The van der Waals surface area contributed by atoms with Crippen molar-refractivity contribution in [1.29, 1.82) is 0 Å². The largest absolute Gasteiger partial charge is 0.372 e. The predicted molar refractivity (Wildman–Crippen MR) is 75.1 cm³/mol. The predicted octanol–water partition coefficient (Wildman–Crippen LogP) is 0.793. The standard InChI is InChI=1S/C14H19N3O3/c1-14(2,20)17-13(19)6-5-12(18)16-9-7-11-4-3-8-15-10-11/h3-4,7-10,20H,5-6H2,1-2H3,(H,16,18)(H,17,19)/b9-7+. The van der Waals surface area contributed by atoms with E-state index in [0.29, 0.717) is 0 Å². The van der Waals surface area contributed by atoms with Crippen LogP contribution in [0.3, 0.4) is 0 Å². The minimum absolute atomic E-state index is 0.0244. The van der Waals surface area contributed by atoms with Gasteiger partial charge in [0.2, 0.25) is 11.8 Å². The normalized spacial score (nSPS) is 11.3. The summed E-state index contributed by atoms with van der Waals surface area (Å²) in [6, 6.07) is 3.65. The highest BCUT2D eigenvalue weighted by Crippen LogP contribution is 1.99. The molecule has 0 radical (unpaired) electrons. The van der Waals surface area contributed by atoms with Crippen LogP contribution in [0, 0.1) is 0 Å². The summed E-state index contributed by atoms with van der Waals surface area (Å²) < 4.78 is 0. The van der Waals surface area contributed by atoms with Gasteiger partial charge in [0, 0.05) is 31.4 Å². The number of aliphatic hydroxyl groups is 1. The van der Waals surface area contributed by atoms with Crippen molar-refractivity contribution in [3.05, 3.63) is 36.3 Å². The molecule has 0 atom stereocenters. The number of hydrogen-bond acceptors (Lipinski definition) is 4. The average molecular weight is 277 g/mol. The lowest BCUT2D eigenvalue weighted by Crippen LogP contribution is -2.43. The molecule has 3 N–H and O–H groups in total. The third kappa shape index (κ3) is 7.27. The van der Waals surface area contributed by atoms with Crippen LogP contribution in [0.4, 0.5) is 0 Å². The summed E-state index contributed by atoms with van der Waals surface area (Å²) in [4.78, 5) is 26.8. The van der Waals surface area contributed by atoms with E-state index < -0.39 is 5.72 Å². The van der Waals surface area contributed by atoms with Crippen LogP contribution >= 0.6 is 0 Å². The van der Waals surface area contributed by atoms with Gasteiger partial charge in [-0.25, -0.2) is 0 Å². The number of nitrogens with zero attached hydrogens (tertiary/aromatic N) is 1. The molecule has 0 saturated heterocycles. The summed E-state index contributed by atoms with van der Waals surface area (Å²) >= 11 is 0. The second-order valence-electron chi connectivity index (χ2n) is 4.79. The van der Waals surface area contributed by atoms with Gasteiger partial charge in [-0.1, -0.05) is 6.07 Å². The van der Waals surface area contributed by atoms with Crippen molar-refractivity contribution < 1.29 is 14.7 Å². The van der Waals surface area contributed by atoms with Gasteiger partial charge in [-0.15, -0.1) is 0 Å². The number of aromatic nitrogens is 1. The summed E-state index contributed by atoms with van der Waals surface area (Å²) in [6.07, 6.45) is 6.63. The van der Waals surface area contributed by atoms with Crippen LogP contribution in [-0.4, -0.2) is 27.6 Å². The highest BCUT2D eigenvalue weighted by molar-refractivity contribution is 5.84. The molecule has 1 heterocycles. The summed E-state index contributed by atoms with van der Waals surface area (Å²) in [7, 11) is 0. The van der Waals surface area contributed by atoms with Gasteiger partial charge in [0.25, 0.3) is 0 Å². The van der Waals surface area contributed by atoms with Crippen LogP contribution in [0.1, 0.15) is 32.3 Å². The summed E-state index contributed by atoms with van der Waals surface area (Å²) in [5.41, 5.74) is -0.402. The lowest BCUT2D eigenvalue weighted by molar-refractivity contribution is -0.130. The summed E-state index contributed by atoms with van der Waals surface area (Å²) in [6.45, 7) is 2.92. The molecule has 20 heavy (non-hydrogen) atoms. The van der Waals surface area contributed by atoms with E-state index in [9.17, 15) is 14.7 Å². The van der Waals surface area contributed by atoms with E-state index in [-0.39, 0.29) is 24.7 Å². The first-order valence-corrected chi connectivity index (χ1v) is 6.26. The van der Waals surface area contributed by atoms with Crippen LogP contribution in [0.25, 0.3) is 6.08 Å². The zero-order valence-electron chi connectivity index (χ0n) is 11.6. The van der Waals surface area contributed by atoms with Crippen molar-refractivity contribution in [2.24, 2.45) is 0 Å². The Labute approximate surface area is 117 Å². The Morgan fingerprint density at radius 2 is 2.05 bits per heavy atom. The molecule has 0 spiro atoms. The number of rotatable bonds is 6. The third-order valence-electron chi connectivity index (χ3n) is 2.23. The quantitative estimate of drug-likeness (QED) is 0.670. The smallest absolute Gasteiger partial charge is 0.224 e. The van der Waals surface area contributed by atoms with Crippen molar-refractivity contribution in [1.82, 2.24) is 15.6 Å². The number of carbonyl (C=O) groups excluding carboxylic acids is 2.